The topological polar surface area (TPSA) is 116 Å². The Bertz CT molecular complexity index is 3020. The fourth-order valence-corrected chi connectivity index (χ4v) is 7.76. The van der Waals surface area contributed by atoms with Crippen LogP contribution in [0.2, 0.25) is 0 Å². The standard InChI is InChI=1S/C22H10BrF9N2O2.C21H11BrF9NO3/c23-15-6-12(20(26,21(27,28)29)22(30,31)32)7-18(36-19(24)25)14(15)8-17(35)11-2-4-16-10(5-11)1-3-13(9-33)34-16;22-14-7-12(19(25,20(26,27)28)21(29,30)31)8-17(35-18(23)24)13(14)9-16(33)11-3-4-15-10(6-11)2-1-5-32(15)34/h1-7,19H,8H2;1-8,18H,9H2. The number of hydrogen-bond acceptors (Lipinski definition) is 7. The van der Waals surface area contributed by atoms with E-state index in [4.69, 9.17) is 5.26 Å². The van der Waals surface area contributed by atoms with Crippen molar-refractivity contribution in [2.75, 3.05) is 0 Å². The first-order valence-electron chi connectivity index (χ1n) is 18.8. The first-order valence-corrected chi connectivity index (χ1v) is 20.4. The highest BCUT2D eigenvalue weighted by Crippen LogP contribution is 2.56. The Kier molecular flexibility index (Phi) is 16.0. The maximum atomic E-state index is 14.5. The van der Waals surface area contributed by atoms with Gasteiger partial charge < -0.3 is 14.7 Å². The number of pyridine rings is 2. The summed E-state index contributed by atoms with van der Waals surface area (Å²) in [6.45, 7) is -7.43. The average Bonchev–Trinajstić information content (AvgIpc) is 3.25. The Morgan fingerprint density at radius 3 is 1.44 bits per heavy atom. The number of ether oxygens (including phenoxy) is 2. The van der Waals surface area contributed by atoms with Crippen molar-refractivity contribution >= 4 is 65.2 Å². The van der Waals surface area contributed by atoms with Gasteiger partial charge in [-0.25, -0.2) is 13.8 Å². The van der Waals surface area contributed by atoms with E-state index in [2.05, 4.69) is 46.3 Å². The van der Waals surface area contributed by atoms with Crippen LogP contribution in [0, 0.1) is 16.5 Å². The molecule has 0 atom stereocenters. The van der Waals surface area contributed by atoms with Crippen LogP contribution < -0.4 is 14.2 Å². The van der Waals surface area contributed by atoms with Crippen molar-refractivity contribution in [1.29, 1.82) is 5.26 Å². The highest BCUT2D eigenvalue weighted by molar-refractivity contribution is 9.10. The molecule has 2 aromatic heterocycles. The molecule has 0 fully saturated rings. The van der Waals surface area contributed by atoms with Crippen molar-refractivity contribution in [2.24, 2.45) is 0 Å². The molecule has 0 N–H and O–H groups in total. The van der Waals surface area contributed by atoms with Gasteiger partial charge in [0.1, 0.15) is 23.3 Å². The molecular formula is C43H21Br2F18N3O5. The lowest BCUT2D eigenvalue weighted by Crippen LogP contribution is -2.50. The average molecular weight is 1160 g/mol. The van der Waals surface area contributed by atoms with Gasteiger partial charge in [0.15, 0.2) is 17.8 Å². The number of hydrogen-bond donors (Lipinski definition) is 0. The summed E-state index contributed by atoms with van der Waals surface area (Å²) < 4.78 is 245. The number of Topliss-reactive ketones (excluding diaryl/α,β-unsaturated/α-hetero) is 2. The summed E-state index contributed by atoms with van der Waals surface area (Å²) in [7, 11) is 0. The van der Waals surface area contributed by atoms with Gasteiger partial charge in [-0.3, -0.25) is 9.59 Å². The SMILES string of the molecule is N#Cc1ccc2cc(C(=O)Cc3c(Br)cc(C(F)(C(F)(F)F)C(F)(F)F)cc3OC(F)F)ccc2n1.O=C(Cc1c(Br)cc(C(F)(C(F)(F)F)C(F)(F)F)cc1OC(F)F)c1ccc2c(ccc[n+]2[O-])c1. The number of carbonyl (C=O) groups excluding carboxylic acids is 2. The third-order valence-corrected chi connectivity index (χ3v) is 11.4. The van der Waals surface area contributed by atoms with Gasteiger partial charge in [0.05, 0.1) is 5.52 Å². The molecule has 0 aliphatic carbocycles. The van der Waals surface area contributed by atoms with Crippen LogP contribution in [0.4, 0.5) is 79.0 Å². The number of aromatic nitrogens is 2. The van der Waals surface area contributed by atoms with Crippen molar-refractivity contribution < 1.29 is 103 Å². The van der Waals surface area contributed by atoms with Gasteiger partial charge in [-0.05, 0) is 72.8 Å². The van der Waals surface area contributed by atoms with Crippen molar-refractivity contribution in [3.8, 4) is 17.6 Å². The number of alkyl halides is 18. The molecule has 4 aromatic carbocycles. The van der Waals surface area contributed by atoms with Crippen LogP contribution in [-0.4, -0.2) is 54.5 Å². The number of carbonyl (C=O) groups is 2. The zero-order chi connectivity index (χ0) is 53.4. The number of halogens is 20. The van der Waals surface area contributed by atoms with E-state index in [1.165, 1.54) is 66.9 Å². The minimum atomic E-state index is -6.49. The van der Waals surface area contributed by atoms with Crippen LogP contribution in [-0.2, 0) is 24.2 Å². The molecule has 0 saturated carbocycles. The van der Waals surface area contributed by atoms with Gasteiger partial charge in [-0.2, -0.15) is 80.2 Å². The summed E-state index contributed by atoms with van der Waals surface area (Å²) in [5.74, 6) is -4.10. The maximum absolute atomic E-state index is 14.5. The first-order chi connectivity index (χ1) is 32.6. The highest BCUT2D eigenvalue weighted by atomic mass is 79.9. The molecule has 6 aromatic rings. The molecular weight excluding hydrogens is 1140 g/mol. The number of rotatable bonds is 12. The zero-order valence-electron chi connectivity index (χ0n) is 34.2. The molecule has 0 bridgehead atoms. The molecule has 2 heterocycles. The smallest absolute Gasteiger partial charge is 0.435 e. The Morgan fingerprint density at radius 2 is 1.03 bits per heavy atom. The van der Waals surface area contributed by atoms with Crippen molar-refractivity contribution in [2.45, 2.75) is 62.1 Å². The first kappa shape index (κ1) is 55.6. The van der Waals surface area contributed by atoms with E-state index in [-0.39, 0.29) is 46.6 Å². The lowest BCUT2D eigenvalue weighted by molar-refractivity contribution is -0.577. The number of nitrogens with zero attached hydrogens (tertiary/aromatic N) is 3. The fourth-order valence-electron chi connectivity index (χ4n) is 6.60. The second-order valence-electron chi connectivity index (χ2n) is 14.5. The van der Waals surface area contributed by atoms with Gasteiger partial charge in [-0.1, -0.05) is 31.9 Å². The molecule has 0 aliphatic rings. The van der Waals surface area contributed by atoms with Gasteiger partial charge in [0, 0.05) is 78.1 Å². The summed E-state index contributed by atoms with van der Waals surface area (Å²) in [5.41, 5.74) is -16.4. The number of benzene rings is 4. The third kappa shape index (κ3) is 11.6. The van der Waals surface area contributed by atoms with Gasteiger partial charge in [0.25, 0.3) is 0 Å². The molecule has 0 saturated heterocycles. The van der Waals surface area contributed by atoms with Crippen LogP contribution in [0.3, 0.4) is 0 Å². The molecule has 0 aliphatic heterocycles. The monoisotopic (exact) mass is 1160 g/mol. The van der Waals surface area contributed by atoms with E-state index >= 15 is 0 Å². The summed E-state index contributed by atoms with van der Waals surface area (Å²) in [5, 5.41) is 21.4. The second kappa shape index (κ2) is 20.4. The minimum Gasteiger partial charge on any atom is -0.618 e. The fraction of sp³-hybridized carbons (Fsp3) is 0.233. The molecule has 0 unspecified atom stereocenters. The van der Waals surface area contributed by atoms with E-state index in [1.807, 2.05) is 6.07 Å². The van der Waals surface area contributed by atoms with E-state index in [0.29, 0.717) is 21.0 Å². The number of nitriles is 1. The zero-order valence-corrected chi connectivity index (χ0v) is 37.3. The Labute approximate surface area is 401 Å². The van der Waals surface area contributed by atoms with E-state index in [0.717, 1.165) is 0 Å². The van der Waals surface area contributed by atoms with Crippen molar-refractivity contribution in [1.82, 2.24) is 4.98 Å². The van der Waals surface area contributed by atoms with E-state index in [1.54, 1.807) is 0 Å². The van der Waals surface area contributed by atoms with Crippen LogP contribution in [0.25, 0.3) is 21.8 Å². The molecule has 0 radical (unpaired) electrons. The number of ketones is 2. The normalized spacial score (nSPS) is 12.7. The largest absolute Gasteiger partial charge is 0.618 e. The Balaban J connectivity index is 0.000000264. The molecule has 28 heteroatoms. The number of fused-ring (bicyclic) bond motifs is 2. The van der Waals surface area contributed by atoms with Crippen molar-refractivity contribution in [3.05, 3.63) is 144 Å². The quantitative estimate of drug-likeness (QED) is 0.0518. The van der Waals surface area contributed by atoms with Crippen LogP contribution in [0.15, 0.2) is 100 Å². The van der Waals surface area contributed by atoms with Gasteiger partial charge >= 0.3 is 49.3 Å². The van der Waals surface area contributed by atoms with Gasteiger partial charge in [0.2, 0.25) is 5.52 Å². The van der Waals surface area contributed by atoms with Crippen LogP contribution >= 0.6 is 31.9 Å². The van der Waals surface area contributed by atoms with Gasteiger partial charge in [-0.15, -0.1) is 0 Å². The van der Waals surface area contributed by atoms with Crippen LogP contribution in [0.5, 0.6) is 11.5 Å². The summed E-state index contributed by atoms with van der Waals surface area (Å²) in [4.78, 5) is 29.6. The molecule has 8 nitrogen and oxygen atoms in total. The minimum absolute atomic E-state index is 0.0154. The maximum Gasteiger partial charge on any atom is 0.435 e. The summed E-state index contributed by atoms with van der Waals surface area (Å²) >= 11 is 5.29. The van der Waals surface area contributed by atoms with Crippen molar-refractivity contribution in [3.63, 3.8) is 0 Å². The predicted molar refractivity (Wildman–Crippen MR) is 217 cm³/mol. The second-order valence-corrected chi connectivity index (χ2v) is 16.2. The van der Waals surface area contributed by atoms with E-state index in [9.17, 15) is 93.8 Å². The Hall–Kier alpha value is -6.37. The lowest BCUT2D eigenvalue weighted by atomic mass is 9.91. The molecule has 6 rings (SSSR count). The molecule has 378 valence electrons. The third-order valence-electron chi connectivity index (χ3n) is 9.98. The Morgan fingerprint density at radius 1 is 0.606 bits per heavy atom. The summed E-state index contributed by atoms with van der Waals surface area (Å²) in [6, 6.07) is 15.2. The molecule has 0 amide bonds. The molecule has 71 heavy (non-hydrogen) atoms. The van der Waals surface area contributed by atoms with Crippen LogP contribution in [0.1, 0.15) is 48.7 Å². The lowest BCUT2D eigenvalue weighted by Gasteiger charge is -2.31. The molecule has 0 spiro atoms. The predicted octanol–water partition coefficient (Wildman–Crippen LogP) is 13.7. The summed E-state index contributed by atoms with van der Waals surface area (Å²) in [6.07, 6.45) is -26.4. The highest BCUT2D eigenvalue weighted by Gasteiger charge is 2.74. The van der Waals surface area contributed by atoms with E-state index < -0.39 is 116 Å².